The molecule has 0 aliphatic heterocycles. The number of nitrogens with zero attached hydrogens (tertiary/aromatic N) is 5. The molecule has 0 unspecified atom stereocenters. The molecule has 5 aromatic heterocycles. The number of fused-ring (bicyclic) bond motifs is 9. The van der Waals surface area contributed by atoms with Crippen molar-refractivity contribution in [2.24, 2.45) is 0 Å². The van der Waals surface area contributed by atoms with Crippen LogP contribution in [-0.4, -0.2) is 24.9 Å². The molecule has 0 saturated heterocycles. The molecular formula is C49H27N5S3. The van der Waals surface area contributed by atoms with Crippen LogP contribution in [0.3, 0.4) is 0 Å². The Balaban J connectivity index is 1.06. The Labute approximate surface area is 338 Å². The molecule has 0 bridgehead atoms. The largest absolute Gasteiger partial charge is 0.226 e. The van der Waals surface area contributed by atoms with Gasteiger partial charge in [-0.05, 0) is 30.3 Å². The third kappa shape index (κ3) is 5.29. The van der Waals surface area contributed by atoms with Crippen molar-refractivity contribution in [1.29, 1.82) is 0 Å². The highest BCUT2D eigenvalue weighted by Crippen LogP contribution is 2.45. The van der Waals surface area contributed by atoms with Gasteiger partial charge in [0.1, 0.15) is 0 Å². The van der Waals surface area contributed by atoms with Crippen LogP contribution >= 0.6 is 34.0 Å². The van der Waals surface area contributed by atoms with E-state index in [9.17, 15) is 0 Å². The van der Waals surface area contributed by atoms with E-state index in [1.807, 2.05) is 72.0 Å². The molecule has 5 nitrogen and oxygen atoms in total. The summed E-state index contributed by atoms with van der Waals surface area (Å²) in [5, 5.41) is 5.96. The van der Waals surface area contributed by atoms with E-state index in [1.54, 1.807) is 22.7 Å². The second-order valence-corrected chi connectivity index (χ2v) is 17.2. The topological polar surface area (TPSA) is 64.5 Å². The molecule has 0 aliphatic carbocycles. The maximum atomic E-state index is 5.44. The van der Waals surface area contributed by atoms with Gasteiger partial charge in [0, 0.05) is 78.2 Å². The molecule has 0 aliphatic rings. The molecule has 57 heavy (non-hydrogen) atoms. The van der Waals surface area contributed by atoms with E-state index in [0.29, 0.717) is 17.5 Å². The van der Waals surface area contributed by atoms with Crippen molar-refractivity contribution < 1.29 is 0 Å². The molecule has 266 valence electrons. The fourth-order valence-corrected chi connectivity index (χ4v) is 11.5. The molecule has 0 amide bonds. The first-order valence-corrected chi connectivity index (χ1v) is 21.1. The van der Waals surface area contributed by atoms with E-state index < -0.39 is 0 Å². The number of hydrogen-bond donors (Lipinski definition) is 0. The summed E-state index contributed by atoms with van der Waals surface area (Å²) >= 11 is 5.36. The van der Waals surface area contributed by atoms with Gasteiger partial charge in [-0.1, -0.05) is 133 Å². The lowest BCUT2D eigenvalue weighted by Gasteiger charge is -2.10. The van der Waals surface area contributed by atoms with E-state index in [2.05, 4.69) is 103 Å². The monoisotopic (exact) mass is 781 g/mol. The van der Waals surface area contributed by atoms with Gasteiger partial charge in [0.25, 0.3) is 0 Å². The quantitative estimate of drug-likeness (QED) is 0.174. The lowest BCUT2D eigenvalue weighted by atomic mass is 10.0. The SMILES string of the molecule is c1ccc(-c2nc(-c3ccccc3)nc(-c3cccc4sc5cc(-c6nc(-c7cccc8c7sc7ccccc78)nc7c6sc6ccccc67)ccc5c34)n2)cc1. The molecule has 8 heteroatoms. The molecule has 5 heterocycles. The number of hydrogen-bond acceptors (Lipinski definition) is 8. The molecule has 12 rings (SSSR count). The Morgan fingerprint density at radius 1 is 0.316 bits per heavy atom. The van der Waals surface area contributed by atoms with Crippen LogP contribution in [0.25, 0.3) is 117 Å². The summed E-state index contributed by atoms with van der Waals surface area (Å²) in [4.78, 5) is 25.9. The van der Waals surface area contributed by atoms with Gasteiger partial charge in [0.05, 0.1) is 15.9 Å². The van der Waals surface area contributed by atoms with Crippen molar-refractivity contribution in [2.75, 3.05) is 0 Å². The molecular weight excluding hydrogens is 755 g/mol. The summed E-state index contributed by atoms with van der Waals surface area (Å²) in [7, 11) is 0. The zero-order valence-electron chi connectivity index (χ0n) is 30.0. The molecule has 0 fully saturated rings. The van der Waals surface area contributed by atoms with Crippen molar-refractivity contribution in [3.8, 4) is 56.8 Å². The Hall–Kier alpha value is -6.71. The van der Waals surface area contributed by atoms with Gasteiger partial charge in [0.15, 0.2) is 23.3 Å². The van der Waals surface area contributed by atoms with Crippen LogP contribution in [0.15, 0.2) is 164 Å². The minimum atomic E-state index is 0.650. The summed E-state index contributed by atoms with van der Waals surface area (Å²) in [6.45, 7) is 0. The van der Waals surface area contributed by atoms with Crippen molar-refractivity contribution >= 4 is 94.7 Å². The highest BCUT2D eigenvalue weighted by atomic mass is 32.1. The second-order valence-electron chi connectivity index (χ2n) is 14.0. The van der Waals surface area contributed by atoms with Gasteiger partial charge >= 0.3 is 0 Å². The number of aromatic nitrogens is 5. The molecule has 0 atom stereocenters. The average molecular weight is 782 g/mol. The standard InChI is InChI=1S/C49H27N5S3/c1-3-13-28(14-4-1)46-52-47(29-15-5-2-6-16-29)54-48(53-46)35-20-12-24-39-41(35)33-26-25-30(27-40(33)55-39)42-45-43(34-18-8-10-23-38(34)57-45)51-49(50-42)36-21-11-19-32-31-17-7-9-22-37(31)56-44(32)36/h1-27H. The maximum absolute atomic E-state index is 5.44. The zero-order chi connectivity index (χ0) is 37.5. The Kier molecular flexibility index (Phi) is 7.38. The van der Waals surface area contributed by atoms with Crippen molar-refractivity contribution in [2.45, 2.75) is 0 Å². The van der Waals surface area contributed by atoms with Crippen LogP contribution in [0.1, 0.15) is 0 Å². The summed E-state index contributed by atoms with van der Waals surface area (Å²) in [6.07, 6.45) is 0. The van der Waals surface area contributed by atoms with Crippen LogP contribution in [-0.2, 0) is 0 Å². The third-order valence-corrected chi connectivity index (χ3v) is 14.1. The van der Waals surface area contributed by atoms with Gasteiger partial charge < -0.3 is 0 Å². The van der Waals surface area contributed by atoms with Gasteiger partial charge in [-0.15, -0.1) is 34.0 Å². The third-order valence-electron chi connectivity index (χ3n) is 10.6. The fourth-order valence-electron chi connectivity index (χ4n) is 7.92. The van der Waals surface area contributed by atoms with Crippen LogP contribution in [0.4, 0.5) is 0 Å². The van der Waals surface area contributed by atoms with Gasteiger partial charge in [-0.25, -0.2) is 24.9 Å². The summed E-state index contributed by atoms with van der Waals surface area (Å²) in [6, 6.07) is 57.2. The average Bonchev–Trinajstić information content (AvgIpc) is 3.97. The van der Waals surface area contributed by atoms with Crippen LogP contribution in [0.2, 0.25) is 0 Å². The number of thiophene rings is 3. The Morgan fingerprint density at radius 3 is 1.67 bits per heavy atom. The van der Waals surface area contributed by atoms with E-state index in [4.69, 9.17) is 24.9 Å². The molecule has 7 aromatic carbocycles. The first kappa shape index (κ1) is 32.5. The molecule has 0 radical (unpaired) electrons. The lowest BCUT2D eigenvalue weighted by Crippen LogP contribution is -2.00. The predicted molar refractivity (Wildman–Crippen MR) is 241 cm³/mol. The first-order valence-electron chi connectivity index (χ1n) is 18.7. The highest BCUT2D eigenvalue weighted by Gasteiger charge is 2.21. The van der Waals surface area contributed by atoms with E-state index in [-0.39, 0.29) is 0 Å². The molecule has 12 aromatic rings. The fraction of sp³-hybridized carbons (Fsp3) is 0. The number of benzene rings is 7. The van der Waals surface area contributed by atoms with Gasteiger partial charge in [-0.3, -0.25) is 0 Å². The lowest BCUT2D eigenvalue weighted by molar-refractivity contribution is 1.08. The first-order chi connectivity index (χ1) is 28.2. The predicted octanol–water partition coefficient (Wildman–Crippen LogP) is 14.1. The van der Waals surface area contributed by atoms with E-state index in [1.165, 1.54) is 34.3 Å². The van der Waals surface area contributed by atoms with Crippen LogP contribution in [0, 0.1) is 0 Å². The molecule has 0 N–H and O–H groups in total. The normalized spacial score (nSPS) is 11.9. The van der Waals surface area contributed by atoms with Gasteiger partial charge in [0.2, 0.25) is 0 Å². The second kappa shape index (κ2) is 12.9. The Morgan fingerprint density at radius 2 is 0.895 bits per heavy atom. The smallest absolute Gasteiger partial charge is 0.164 e. The minimum absolute atomic E-state index is 0.650. The van der Waals surface area contributed by atoms with Crippen molar-refractivity contribution in [1.82, 2.24) is 24.9 Å². The van der Waals surface area contributed by atoms with Crippen LogP contribution in [0.5, 0.6) is 0 Å². The summed E-state index contributed by atoms with van der Waals surface area (Å²) in [5.41, 5.74) is 6.95. The molecule has 0 spiro atoms. The maximum Gasteiger partial charge on any atom is 0.164 e. The summed E-state index contributed by atoms with van der Waals surface area (Å²) < 4.78 is 7.12. The van der Waals surface area contributed by atoms with E-state index >= 15 is 0 Å². The van der Waals surface area contributed by atoms with Crippen LogP contribution < -0.4 is 0 Å². The van der Waals surface area contributed by atoms with Gasteiger partial charge in [-0.2, -0.15) is 0 Å². The number of rotatable bonds is 5. The zero-order valence-corrected chi connectivity index (χ0v) is 32.5. The highest BCUT2D eigenvalue weighted by molar-refractivity contribution is 7.27. The summed E-state index contributed by atoms with van der Waals surface area (Å²) in [5.74, 6) is 2.70. The Bertz CT molecular complexity index is 3480. The van der Waals surface area contributed by atoms with Crippen molar-refractivity contribution in [3.63, 3.8) is 0 Å². The van der Waals surface area contributed by atoms with E-state index in [0.717, 1.165) is 65.7 Å². The minimum Gasteiger partial charge on any atom is -0.226 e. The molecule has 0 saturated carbocycles. The van der Waals surface area contributed by atoms with Crippen molar-refractivity contribution in [3.05, 3.63) is 164 Å².